The van der Waals surface area contributed by atoms with E-state index in [1.807, 2.05) is 0 Å². The van der Waals surface area contributed by atoms with Crippen LogP contribution in [0.4, 0.5) is 5.69 Å². The standard InChI is InChI=1S/C19H14Cl2N2O3S2/c1-10(17(25)22-12-5-7-13(24)8-6-12)23-18(26)15(28-19(23)27)9-11-3-2-4-14(20)16(11)21/h2-10,24H,1H3,(H,22,25)/b15-9-. The van der Waals surface area contributed by atoms with Gasteiger partial charge in [-0.1, -0.05) is 59.3 Å². The molecule has 0 spiro atoms. The van der Waals surface area contributed by atoms with Crippen LogP contribution in [0.1, 0.15) is 12.5 Å². The molecule has 2 aromatic rings. The van der Waals surface area contributed by atoms with Gasteiger partial charge in [0.2, 0.25) is 5.91 Å². The van der Waals surface area contributed by atoms with E-state index in [9.17, 15) is 14.7 Å². The van der Waals surface area contributed by atoms with Gasteiger partial charge < -0.3 is 10.4 Å². The Bertz CT molecular complexity index is 993. The number of nitrogens with one attached hydrogen (secondary N) is 1. The number of amides is 2. The molecular weight excluding hydrogens is 439 g/mol. The number of aromatic hydroxyl groups is 1. The van der Waals surface area contributed by atoms with Gasteiger partial charge in [0, 0.05) is 5.69 Å². The summed E-state index contributed by atoms with van der Waals surface area (Å²) in [4.78, 5) is 27.0. The molecule has 5 nitrogen and oxygen atoms in total. The summed E-state index contributed by atoms with van der Waals surface area (Å²) in [5, 5.41) is 12.7. The lowest BCUT2D eigenvalue weighted by molar-refractivity contribution is -0.129. The Balaban J connectivity index is 1.79. The van der Waals surface area contributed by atoms with Crippen molar-refractivity contribution in [3.8, 4) is 5.75 Å². The molecule has 1 heterocycles. The van der Waals surface area contributed by atoms with Crippen LogP contribution < -0.4 is 5.32 Å². The first-order valence-corrected chi connectivity index (χ1v) is 10.1. The maximum absolute atomic E-state index is 12.8. The molecule has 0 radical (unpaired) electrons. The van der Waals surface area contributed by atoms with E-state index >= 15 is 0 Å². The minimum absolute atomic E-state index is 0.0906. The number of hydrogen-bond acceptors (Lipinski definition) is 5. The number of benzene rings is 2. The van der Waals surface area contributed by atoms with E-state index < -0.39 is 11.9 Å². The van der Waals surface area contributed by atoms with Crippen LogP contribution in [-0.2, 0) is 9.59 Å². The molecule has 2 aromatic carbocycles. The molecule has 3 rings (SSSR count). The van der Waals surface area contributed by atoms with E-state index in [4.69, 9.17) is 35.4 Å². The minimum Gasteiger partial charge on any atom is -0.508 e. The average Bonchev–Trinajstić information content (AvgIpc) is 2.93. The fourth-order valence-corrected chi connectivity index (χ4v) is 4.27. The predicted molar refractivity (Wildman–Crippen MR) is 118 cm³/mol. The molecule has 144 valence electrons. The second-order valence-corrected chi connectivity index (χ2v) is 8.37. The number of nitrogens with zero attached hydrogens (tertiary/aromatic N) is 1. The van der Waals surface area contributed by atoms with Crippen molar-refractivity contribution in [3.63, 3.8) is 0 Å². The molecule has 2 amide bonds. The number of carbonyl (C=O) groups is 2. The van der Waals surface area contributed by atoms with Crippen LogP contribution in [-0.4, -0.2) is 32.2 Å². The normalized spacial score (nSPS) is 16.5. The highest BCUT2D eigenvalue weighted by Crippen LogP contribution is 2.36. The van der Waals surface area contributed by atoms with Crippen molar-refractivity contribution in [1.29, 1.82) is 0 Å². The lowest BCUT2D eigenvalue weighted by Gasteiger charge is -2.22. The summed E-state index contributed by atoms with van der Waals surface area (Å²) < 4.78 is 0.280. The number of phenols is 1. The van der Waals surface area contributed by atoms with Crippen LogP contribution in [0.5, 0.6) is 5.75 Å². The van der Waals surface area contributed by atoms with Crippen molar-refractivity contribution in [2.45, 2.75) is 13.0 Å². The van der Waals surface area contributed by atoms with Crippen LogP contribution >= 0.6 is 47.2 Å². The zero-order valence-corrected chi connectivity index (χ0v) is 17.6. The third kappa shape index (κ3) is 4.33. The molecule has 1 saturated heterocycles. The predicted octanol–water partition coefficient (Wildman–Crippen LogP) is 4.93. The highest BCUT2D eigenvalue weighted by atomic mass is 35.5. The highest BCUT2D eigenvalue weighted by molar-refractivity contribution is 8.26. The zero-order chi connectivity index (χ0) is 20.4. The third-order valence-corrected chi connectivity index (χ3v) is 6.16. The van der Waals surface area contributed by atoms with Crippen LogP contribution in [0.15, 0.2) is 47.4 Å². The highest BCUT2D eigenvalue weighted by Gasteiger charge is 2.38. The van der Waals surface area contributed by atoms with Gasteiger partial charge in [-0.05, 0) is 48.9 Å². The van der Waals surface area contributed by atoms with Crippen LogP contribution in [0, 0.1) is 0 Å². The summed E-state index contributed by atoms with van der Waals surface area (Å²) in [5.74, 6) is -0.684. The summed E-state index contributed by atoms with van der Waals surface area (Å²) in [6.07, 6.45) is 1.61. The van der Waals surface area contributed by atoms with Crippen LogP contribution in [0.2, 0.25) is 10.0 Å². The SMILES string of the molecule is CC(C(=O)Nc1ccc(O)cc1)N1C(=O)/C(=C/c2cccc(Cl)c2Cl)SC1=S. The van der Waals surface area contributed by atoms with Gasteiger partial charge in [0.15, 0.2) is 0 Å². The van der Waals surface area contributed by atoms with Gasteiger partial charge in [-0.15, -0.1) is 0 Å². The molecule has 0 aliphatic carbocycles. The lowest BCUT2D eigenvalue weighted by atomic mass is 10.2. The van der Waals surface area contributed by atoms with Crippen molar-refractivity contribution < 1.29 is 14.7 Å². The number of thioether (sulfide) groups is 1. The van der Waals surface area contributed by atoms with Gasteiger partial charge in [-0.25, -0.2) is 0 Å². The van der Waals surface area contributed by atoms with Crippen molar-refractivity contribution in [2.24, 2.45) is 0 Å². The summed E-state index contributed by atoms with van der Waals surface area (Å²) >= 11 is 18.6. The number of halogens is 2. The first-order chi connectivity index (χ1) is 13.3. The molecule has 1 unspecified atom stereocenters. The topological polar surface area (TPSA) is 69.6 Å². The van der Waals surface area contributed by atoms with Gasteiger partial charge in [0.05, 0.1) is 15.0 Å². The molecule has 1 aliphatic heterocycles. The first kappa shape index (κ1) is 20.7. The molecule has 1 atom stereocenters. The maximum atomic E-state index is 12.8. The Hall–Kier alpha value is -2.06. The van der Waals surface area contributed by atoms with Crippen molar-refractivity contribution >= 4 is 75.1 Å². The summed E-state index contributed by atoms with van der Waals surface area (Å²) in [6, 6.07) is 10.3. The smallest absolute Gasteiger partial charge is 0.266 e. The number of anilines is 1. The molecule has 0 aromatic heterocycles. The van der Waals surface area contributed by atoms with E-state index in [1.54, 1.807) is 43.3 Å². The fraction of sp³-hybridized carbons (Fsp3) is 0.105. The number of rotatable bonds is 4. The maximum Gasteiger partial charge on any atom is 0.266 e. The Kier molecular flexibility index (Phi) is 6.30. The van der Waals surface area contributed by atoms with Gasteiger partial charge in [-0.3, -0.25) is 14.5 Å². The van der Waals surface area contributed by atoms with E-state index in [1.165, 1.54) is 17.0 Å². The van der Waals surface area contributed by atoms with E-state index in [-0.39, 0.29) is 16.0 Å². The number of thiocarbonyl (C=S) groups is 1. The monoisotopic (exact) mass is 452 g/mol. The molecule has 1 fully saturated rings. The quantitative estimate of drug-likeness (QED) is 0.391. The fourth-order valence-electron chi connectivity index (χ4n) is 2.50. The van der Waals surface area contributed by atoms with Gasteiger partial charge in [0.25, 0.3) is 5.91 Å². The molecule has 0 bridgehead atoms. The molecule has 28 heavy (non-hydrogen) atoms. The van der Waals surface area contributed by atoms with Gasteiger partial charge >= 0.3 is 0 Å². The molecular formula is C19H14Cl2N2O3S2. The van der Waals surface area contributed by atoms with Crippen molar-refractivity contribution in [1.82, 2.24) is 4.90 Å². The summed E-state index contributed by atoms with van der Waals surface area (Å²) in [5.41, 5.74) is 1.09. The summed E-state index contributed by atoms with van der Waals surface area (Å²) in [7, 11) is 0. The Morgan fingerprint density at radius 3 is 2.61 bits per heavy atom. The molecule has 2 N–H and O–H groups in total. The molecule has 0 saturated carbocycles. The Labute approximate surface area is 181 Å². The first-order valence-electron chi connectivity index (χ1n) is 8.09. The van der Waals surface area contributed by atoms with E-state index in [0.717, 1.165) is 11.8 Å². The minimum atomic E-state index is -0.818. The van der Waals surface area contributed by atoms with Crippen LogP contribution in [0.3, 0.4) is 0 Å². The van der Waals surface area contributed by atoms with Crippen molar-refractivity contribution in [3.05, 3.63) is 63.0 Å². The van der Waals surface area contributed by atoms with E-state index in [2.05, 4.69) is 5.32 Å². The number of phenolic OH excluding ortho intramolecular Hbond substituents is 1. The van der Waals surface area contributed by atoms with Crippen LogP contribution in [0.25, 0.3) is 6.08 Å². The molecule has 9 heteroatoms. The van der Waals surface area contributed by atoms with Gasteiger partial charge in [-0.2, -0.15) is 0 Å². The largest absolute Gasteiger partial charge is 0.508 e. The zero-order valence-electron chi connectivity index (χ0n) is 14.5. The molecule has 1 aliphatic rings. The second kappa shape index (κ2) is 8.53. The Morgan fingerprint density at radius 1 is 1.25 bits per heavy atom. The van der Waals surface area contributed by atoms with Crippen molar-refractivity contribution in [2.75, 3.05) is 5.32 Å². The number of hydrogen-bond donors (Lipinski definition) is 2. The Morgan fingerprint density at radius 2 is 1.93 bits per heavy atom. The second-order valence-electron chi connectivity index (χ2n) is 5.91. The average molecular weight is 453 g/mol. The number of carbonyl (C=O) groups excluding carboxylic acids is 2. The van der Waals surface area contributed by atoms with E-state index in [0.29, 0.717) is 26.2 Å². The summed E-state index contributed by atoms with van der Waals surface area (Å²) in [6.45, 7) is 1.59. The third-order valence-electron chi connectivity index (χ3n) is 3.99. The van der Waals surface area contributed by atoms with Gasteiger partial charge in [0.1, 0.15) is 16.1 Å². The lowest BCUT2D eigenvalue weighted by Crippen LogP contribution is -2.44.